The molecule has 2 rings (SSSR count). The van der Waals surface area contributed by atoms with Crippen molar-refractivity contribution in [2.45, 2.75) is 25.9 Å². The van der Waals surface area contributed by atoms with E-state index in [0.29, 0.717) is 6.54 Å². The second-order valence-corrected chi connectivity index (χ2v) is 6.66. The monoisotopic (exact) mass is 388 g/mol. The number of hydrogen-bond acceptors (Lipinski definition) is 2. The van der Waals surface area contributed by atoms with Gasteiger partial charge in [0.1, 0.15) is 0 Å². The Kier molecular flexibility index (Phi) is 6.55. The van der Waals surface area contributed by atoms with Crippen molar-refractivity contribution in [2.24, 2.45) is 0 Å². The highest BCUT2D eigenvalue weighted by molar-refractivity contribution is 9.10. The largest absolute Gasteiger partial charge is 0.349 e. The van der Waals surface area contributed by atoms with Gasteiger partial charge >= 0.3 is 0 Å². The van der Waals surface area contributed by atoms with Crippen LogP contribution < -0.4 is 5.32 Å². The van der Waals surface area contributed by atoms with Gasteiger partial charge < -0.3 is 10.2 Å². The molecule has 0 fully saturated rings. The molecule has 1 unspecified atom stereocenters. The van der Waals surface area contributed by atoms with Crippen molar-refractivity contribution in [1.82, 2.24) is 10.2 Å². The molecule has 0 aliphatic carbocycles. The molecule has 0 saturated carbocycles. The third kappa shape index (κ3) is 5.49. The Labute approximate surface area is 151 Å². The van der Waals surface area contributed by atoms with Crippen molar-refractivity contribution in [3.05, 3.63) is 70.2 Å². The number of benzene rings is 2. The minimum absolute atomic E-state index is 0.0134. The number of hydrogen-bond donors (Lipinski definition) is 1. The molecule has 24 heavy (non-hydrogen) atoms. The lowest BCUT2D eigenvalue weighted by Crippen LogP contribution is -2.33. The standard InChI is InChI=1S/C19H21BrN2O2/c1-14(23)21-18(16-6-4-3-5-7-16)12-19(24)22(2)13-15-8-10-17(20)11-9-15/h3-11,18H,12-13H2,1-2H3,(H,21,23). The van der Waals surface area contributed by atoms with E-state index in [2.05, 4.69) is 21.2 Å². The van der Waals surface area contributed by atoms with Crippen LogP contribution in [0.3, 0.4) is 0 Å². The highest BCUT2D eigenvalue weighted by Crippen LogP contribution is 2.18. The highest BCUT2D eigenvalue weighted by Gasteiger charge is 2.19. The van der Waals surface area contributed by atoms with Gasteiger partial charge in [-0.3, -0.25) is 9.59 Å². The van der Waals surface area contributed by atoms with Crippen molar-refractivity contribution >= 4 is 27.7 Å². The van der Waals surface area contributed by atoms with Gasteiger partial charge in [-0.1, -0.05) is 58.4 Å². The van der Waals surface area contributed by atoms with Gasteiger partial charge in [0.25, 0.3) is 0 Å². The first-order valence-corrected chi connectivity index (χ1v) is 8.55. The average Bonchev–Trinajstić information content (AvgIpc) is 2.56. The maximum Gasteiger partial charge on any atom is 0.225 e. The molecule has 2 aromatic rings. The minimum atomic E-state index is -0.316. The third-order valence-corrected chi connectivity index (χ3v) is 4.25. The van der Waals surface area contributed by atoms with E-state index in [1.54, 1.807) is 11.9 Å². The predicted octanol–water partition coefficient (Wildman–Crippen LogP) is 3.68. The van der Waals surface area contributed by atoms with E-state index >= 15 is 0 Å². The predicted molar refractivity (Wildman–Crippen MR) is 98.2 cm³/mol. The number of nitrogens with zero attached hydrogens (tertiary/aromatic N) is 1. The molecule has 126 valence electrons. The molecule has 0 aliphatic heterocycles. The molecular formula is C19H21BrN2O2. The summed E-state index contributed by atoms with van der Waals surface area (Å²) in [6, 6.07) is 17.1. The molecule has 1 N–H and O–H groups in total. The molecule has 2 aromatic carbocycles. The van der Waals surface area contributed by atoms with Crippen molar-refractivity contribution < 1.29 is 9.59 Å². The summed E-state index contributed by atoms with van der Waals surface area (Å²) in [4.78, 5) is 25.7. The molecule has 0 bridgehead atoms. The summed E-state index contributed by atoms with van der Waals surface area (Å²) in [5.74, 6) is -0.160. The van der Waals surface area contributed by atoms with Crippen molar-refractivity contribution in [3.63, 3.8) is 0 Å². The fourth-order valence-electron chi connectivity index (χ4n) is 2.47. The first-order chi connectivity index (χ1) is 11.5. The zero-order valence-corrected chi connectivity index (χ0v) is 15.4. The van der Waals surface area contributed by atoms with Crippen LogP contribution in [0.25, 0.3) is 0 Å². The molecule has 0 aliphatic rings. The number of amides is 2. The van der Waals surface area contributed by atoms with E-state index in [9.17, 15) is 9.59 Å². The lowest BCUT2D eigenvalue weighted by Gasteiger charge is -2.22. The molecule has 2 amide bonds. The summed E-state index contributed by atoms with van der Waals surface area (Å²) in [5.41, 5.74) is 1.99. The van der Waals surface area contributed by atoms with Crippen LogP contribution in [0.1, 0.15) is 30.5 Å². The van der Waals surface area contributed by atoms with Crippen LogP contribution in [0.5, 0.6) is 0 Å². The molecular weight excluding hydrogens is 368 g/mol. The van der Waals surface area contributed by atoms with E-state index < -0.39 is 0 Å². The van der Waals surface area contributed by atoms with Crippen LogP contribution >= 0.6 is 15.9 Å². The van der Waals surface area contributed by atoms with Crippen LogP contribution in [0, 0.1) is 0 Å². The molecule has 4 nitrogen and oxygen atoms in total. The van der Waals surface area contributed by atoms with Crippen molar-refractivity contribution in [2.75, 3.05) is 7.05 Å². The summed E-state index contributed by atoms with van der Waals surface area (Å²) < 4.78 is 1.01. The Morgan fingerprint density at radius 3 is 2.29 bits per heavy atom. The van der Waals surface area contributed by atoms with E-state index in [1.807, 2.05) is 54.6 Å². The molecule has 1 atom stereocenters. The van der Waals surface area contributed by atoms with E-state index in [0.717, 1.165) is 15.6 Å². The Morgan fingerprint density at radius 1 is 1.08 bits per heavy atom. The Morgan fingerprint density at radius 2 is 1.71 bits per heavy atom. The number of nitrogens with one attached hydrogen (secondary N) is 1. The minimum Gasteiger partial charge on any atom is -0.349 e. The van der Waals surface area contributed by atoms with Gasteiger partial charge in [-0.2, -0.15) is 0 Å². The number of rotatable bonds is 6. The quantitative estimate of drug-likeness (QED) is 0.820. The van der Waals surface area contributed by atoms with E-state index in [4.69, 9.17) is 0 Å². The lowest BCUT2D eigenvalue weighted by molar-refractivity contribution is -0.131. The first-order valence-electron chi connectivity index (χ1n) is 7.76. The topological polar surface area (TPSA) is 49.4 Å². The third-order valence-electron chi connectivity index (χ3n) is 3.72. The molecule has 0 heterocycles. The highest BCUT2D eigenvalue weighted by atomic mass is 79.9. The summed E-state index contributed by atoms with van der Waals surface area (Å²) in [7, 11) is 1.78. The number of halogens is 1. The maximum absolute atomic E-state index is 12.5. The zero-order valence-electron chi connectivity index (χ0n) is 13.8. The molecule has 5 heteroatoms. The second kappa shape index (κ2) is 8.64. The van der Waals surface area contributed by atoms with E-state index in [1.165, 1.54) is 6.92 Å². The fraction of sp³-hybridized carbons (Fsp3) is 0.263. The zero-order chi connectivity index (χ0) is 17.5. The Bertz CT molecular complexity index is 686. The normalized spacial score (nSPS) is 11.6. The SMILES string of the molecule is CC(=O)NC(CC(=O)N(C)Cc1ccc(Br)cc1)c1ccccc1. The van der Waals surface area contributed by atoms with Crippen molar-refractivity contribution in [3.8, 4) is 0 Å². The molecule has 0 saturated heterocycles. The molecule has 0 aromatic heterocycles. The van der Waals surface area contributed by atoms with Crippen LogP contribution in [-0.2, 0) is 16.1 Å². The van der Waals surface area contributed by atoms with Crippen LogP contribution in [0.15, 0.2) is 59.1 Å². The van der Waals surface area contributed by atoms with Crippen LogP contribution in [0.2, 0.25) is 0 Å². The number of carbonyl (C=O) groups excluding carboxylic acids is 2. The molecule has 0 spiro atoms. The Hall–Kier alpha value is -2.14. The first kappa shape index (κ1) is 18.2. The van der Waals surface area contributed by atoms with Gasteiger partial charge in [-0.15, -0.1) is 0 Å². The van der Waals surface area contributed by atoms with Gasteiger partial charge in [0.2, 0.25) is 11.8 Å². The van der Waals surface area contributed by atoms with E-state index in [-0.39, 0.29) is 24.3 Å². The van der Waals surface area contributed by atoms with Gasteiger partial charge in [0.05, 0.1) is 12.5 Å². The van der Waals surface area contributed by atoms with Gasteiger partial charge in [0, 0.05) is 25.0 Å². The molecule has 0 radical (unpaired) electrons. The summed E-state index contributed by atoms with van der Waals surface area (Å²) in [6.45, 7) is 2.00. The average molecular weight is 389 g/mol. The van der Waals surface area contributed by atoms with Gasteiger partial charge in [-0.25, -0.2) is 0 Å². The summed E-state index contributed by atoms with van der Waals surface area (Å²) in [5, 5.41) is 2.86. The van der Waals surface area contributed by atoms with Crippen molar-refractivity contribution in [1.29, 1.82) is 0 Å². The summed E-state index contributed by atoms with van der Waals surface area (Å²) >= 11 is 3.40. The lowest BCUT2D eigenvalue weighted by atomic mass is 10.0. The second-order valence-electron chi connectivity index (χ2n) is 5.74. The maximum atomic E-state index is 12.5. The van der Waals surface area contributed by atoms with Crippen LogP contribution in [-0.4, -0.2) is 23.8 Å². The fourth-order valence-corrected chi connectivity index (χ4v) is 2.73. The summed E-state index contributed by atoms with van der Waals surface area (Å²) in [6.07, 6.45) is 0.233. The van der Waals surface area contributed by atoms with Gasteiger partial charge in [0.15, 0.2) is 0 Å². The van der Waals surface area contributed by atoms with Gasteiger partial charge in [-0.05, 0) is 23.3 Å². The number of carbonyl (C=O) groups is 2. The van der Waals surface area contributed by atoms with Crippen LogP contribution in [0.4, 0.5) is 0 Å². The smallest absolute Gasteiger partial charge is 0.225 e. The Balaban J connectivity index is 2.03.